The van der Waals surface area contributed by atoms with Crippen molar-refractivity contribution in [3.63, 3.8) is 0 Å². The largest absolute Gasteiger partial charge is 0.456 e. The molecule has 3 nitrogen and oxygen atoms in total. The minimum atomic E-state index is 0.686. The van der Waals surface area contributed by atoms with Gasteiger partial charge in [-0.2, -0.15) is 0 Å². The minimum Gasteiger partial charge on any atom is -0.456 e. The van der Waals surface area contributed by atoms with E-state index in [-0.39, 0.29) is 0 Å². The fourth-order valence-corrected chi connectivity index (χ4v) is 7.60. The van der Waals surface area contributed by atoms with Crippen LogP contribution in [0.5, 0.6) is 0 Å². The standard InChI is InChI=1S/C47H30N2O/c1-29-45(30-12-3-2-4-13-30)48-47(34-23-25-44-42(28-34)40-20-9-10-21-43(40)50-44)49-46(29)33-15-11-14-31(26-33)32-22-24-39-37-18-6-5-16-35(37)36-17-7-8-19-38(36)41(39)27-32/h2-28H,1H3. The molecule has 0 aliphatic heterocycles. The molecule has 2 aromatic heterocycles. The molecule has 0 unspecified atom stereocenters. The van der Waals surface area contributed by atoms with Gasteiger partial charge in [0.1, 0.15) is 11.2 Å². The normalized spacial score (nSPS) is 11.7. The second-order valence-electron chi connectivity index (χ2n) is 13.0. The topological polar surface area (TPSA) is 38.9 Å². The number of benzene rings is 8. The van der Waals surface area contributed by atoms with Crippen molar-refractivity contribution >= 4 is 54.3 Å². The quantitative estimate of drug-likeness (QED) is 0.180. The fraction of sp³-hybridized carbons (Fsp3) is 0.0213. The third-order valence-corrected chi connectivity index (χ3v) is 10.0. The summed E-state index contributed by atoms with van der Waals surface area (Å²) in [5, 5.41) is 9.79. The van der Waals surface area contributed by atoms with Crippen LogP contribution in [-0.4, -0.2) is 9.97 Å². The monoisotopic (exact) mass is 638 g/mol. The molecule has 0 amide bonds. The van der Waals surface area contributed by atoms with Crippen molar-refractivity contribution < 1.29 is 4.42 Å². The first-order valence-corrected chi connectivity index (χ1v) is 17.0. The predicted molar refractivity (Wildman–Crippen MR) is 208 cm³/mol. The van der Waals surface area contributed by atoms with Crippen LogP contribution in [0.2, 0.25) is 0 Å². The Hall–Kier alpha value is -6.58. The molecule has 50 heavy (non-hydrogen) atoms. The smallest absolute Gasteiger partial charge is 0.160 e. The van der Waals surface area contributed by atoms with Gasteiger partial charge >= 0.3 is 0 Å². The lowest BCUT2D eigenvalue weighted by atomic mass is 9.91. The first-order chi connectivity index (χ1) is 24.7. The second-order valence-corrected chi connectivity index (χ2v) is 13.0. The summed E-state index contributed by atoms with van der Waals surface area (Å²) < 4.78 is 6.13. The van der Waals surface area contributed by atoms with Gasteiger partial charge in [-0.3, -0.25) is 0 Å². The second kappa shape index (κ2) is 11.3. The molecule has 234 valence electrons. The molecule has 0 N–H and O–H groups in total. The molecule has 0 saturated heterocycles. The number of aromatic nitrogens is 2. The van der Waals surface area contributed by atoms with Gasteiger partial charge in [0.05, 0.1) is 11.4 Å². The molecule has 0 saturated carbocycles. The van der Waals surface area contributed by atoms with Gasteiger partial charge in [-0.05, 0) is 86.8 Å². The average Bonchev–Trinajstić information content (AvgIpc) is 3.56. The fourth-order valence-electron chi connectivity index (χ4n) is 7.60. The van der Waals surface area contributed by atoms with E-state index in [2.05, 4.69) is 140 Å². The van der Waals surface area contributed by atoms with Gasteiger partial charge in [0.2, 0.25) is 0 Å². The van der Waals surface area contributed by atoms with Gasteiger partial charge in [0, 0.05) is 33.0 Å². The van der Waals surface area contributed by atoms with E-state index in [1.54, 1.807) is 0 Å². The van der Waals surface area contributed by atoms with Crippen LogP contribution in [0, 0.1) is 6.92 Å². The summed E-state index contributed by atoms with van der Waals surface area (Å²) in [6, 6.07) is 57.9. The number of rotatable bonds is 4. The molecular weight excluding hydrogens is 609 g/mol. The van der Waals surface area contributed by atoms with E-state index >= 15 is 0 Å². The van der Waals surface area contributed by atoms with Crippen LogP contribution in [0.3, 0.4) is 0 Å². The Morgan fingerprint density at radius 3 is 1.58 bits per heavy atom. The Labute approximate surface area is 289 Å². The van der Waals surface area contributed by atoms with E-state index in [1.165, 1.54) is 37.9 Å². The zero-order chi connectivity index (χ0) is 33.2. The van der Waals surface area contributed by atoms with Crippen molar-refractivity contribution in [3.8, 4) is 45.0 Å². The summed E-state index contributed by atoms with van der Waals surface area (Å²) in [6.45, 7) is 2.13. The summed E-state index contributed by atoms with van der Waals surface area (Å²) in [7, 11) is 0. The molecule has 0 bridgehead atoms. The van der Waals surface area contributed by atoms with Crippen LogP contribution in [0.1, 0.15) is 5.56 Å². The van der Waals surface area contributed by atoms with Gasteiger partial charge in [-0.25, -0.2) is 9.97 Å². The van der Waals surface area contributed by atoms with Gasteiger partial charge < -0.3 is 4.42 Å². The van der Waals surface area contributed by atoms with E-state index in [1.807, 2.05) is 30.3 Å². The summed E-state index contributed by atoms with van der Waals surface area (Å²) in [4.78, 5) is 10.5. The van der Waals surface area contributed by atoms with E-state index in [0.717, 1.165) is 61.1 Å². The molecule has 3 heteroatoms. The number of nitrogens with zero attached hydrogens (tertiary/aromatic N) is 2. The molecule has 0 atom stereocenters. The lowest BCUT2D eigenvalue weighted by molar-refractivity contribution is 0.669. The summed E-state index contributed by atoms with van der Waals surface area (Å²) in [6.07, 6.45) is 0. The average molecular weight is 639 g/mol. The molecule has 0 fully saturated rings. The zero-order valence-electron chi connectivity index (χ0n) is 27.4. The molecule has 10 rings (SSSR count). The number of hydrogen-bond donors (Lipinski definition) is 0. The molecule has 0 aliphatic rings. The van der Waals surface area contributed by atoms with E-state index in [9.17, 15) is 0 Å². The maximum atomic E-state index is 6.13. The highest BCUT2D eigenvalue weighted by Crippen LogP contribution is 2.39. The maximum Gasteiger partial charge on any atom is 0.160 e. The Morgan fingerprint density at radius 2 is 0.840 bits per heavy atom. The number of furan rings is 1. The van der Waals surface area contributed by atoms with E-state index in [0.29, 0.717) is 5.82 Å². The van der Waals surface area contributed by atoms with Gasteiger partial charge in [-0.1, -0.05) is 127 Å². The Balaban J connectivity index is 1.15. The molecule has 8 aromatic carbocycles. The van der Waals surface area contributed by atoms with Crippen LogP contribution in [0.4, 0.5) is 0 Å². The van der Waals surface area contributed by atoms with Crippen molar-refractivity contribution in [1.29, 1.82) is 0 Å². The SMILES string of the molecule is Cc1c(-c2ccccc2)nc(-c2ccc3oc4ccccc4c3c2)nc1-c1cccc(-c2ccc3c4ccccc4c4ccccc4c3c2)c1. The van der Waals surface area contributed by atoms with Crippen molar-refractivity contribution in [2.45, 2.75) is 6.92 Å². The van der Waals surface area contributed by atoms with Crippen molar-refractivity contribution in [1.82, 2.24) is 9.97 Å². The van der Waals surface area contributed by atoms with Crippen molar-refractivity contribution in [2.24, 2.45) is 0 Å². The highest BCUT2D eigenvalue weighted by Gasteiger charge is 2.18. The highest BCUT2D eigenvalue weighted by molar-refractivity contribution is 6.25. The molecule has 0 spiro atoms. The highest BCUT2D eigenvalue weighted by atomic mass is 16.3. The van der Waals surface area contributed by atoms with Crippen LogP contribution in [-0.2, 0) is 0 Å². The van der Waals surface area contributed by atoms with E-state index < -0.39 is 0 Å². The van der Waals surface area contributed by atoms with Gasteiger partial charge in [0.25, 0.3) is 0 Å². The van der Waals surface area contributed by atoms with Crippen LogP contribution in [0.15, 0.2) is 168 Å². The van der Waals surface area contributed by atoms with Crippen LogP contribution in [0.25, 0.3) is 99.3 Å². The van der Waals surface area contributed by atoms with Crippen LogP contribution >= 0.6 is 0 Å². The van der Waals surface area contributed by atoms with Crippen molar-refractivity contribution in [2.75, 3.05) is 0 Å². The Bertz CT molecular complexity index is 2900. The van der Waals surface area contributed by atoms with Crippen molar-refractivity contribution in [3.05, 3.63) is 169 Å². The first kappa shape index (κ1) is 28.4. The van der Waals surface area contributed by atoms with Crippen LogP contribution < -0.4 is 0 Å². The summed E-state index contributed by atoms with van der Waals surface area (Å²) >= 11 is 0. The third kappa shape index (κ3) is 4.52. The lowest BCUT2D eigenvalue weighted by Crippen LogP contribution is -2.00. The first-order valence-electron chi connectivity index (χ1n) is 17.0. The Morgan fingerprint density at radius 1 is 0.340 bits per heavy atom. The van der Waals surface area contributed by atoms with E-state index in [4.69, 9.17) is 14.4 Å². The molecule has 0 radical (unpaired) electrons. The maximum absolute atomic E-state index is 6.13. The number of fused-ring (bicyclic) bond motifs is 9. The zero-order valence-corrected chi connectivity index (χ0v) is 27.4. The van der Waals surface area contributed by atoms with Gasteiger partial charge in [0.15, 0.2) is 5.82 Å². The molecule has 0 aliphatic carbocycles. The minimum absolute atomic E-state index is 0.686. The summed E-state index contributed by atoms with van der Waals surface area (Å²) in [5.74, 6) is 0.686. The molecular formula is C47H30N2O. The lowest BCUT2D eigenvalue weighted by Gasteiger charge is -2.15. The Kier molecular flexibility index (Phi) is 6.40. The number of para-hydroxylation sites is 1. The molecule has 10 aromatic rings. The third-order valence-electron chi connectivity index (χ3n) is 10.0. The predicted octanol–water partition coefficient (Wildman–Crippen LogP) is 12.8. The summed E-state index contributed by atoms with van der Waals surface area (Å²) in [5.41, 5.74) is 10.0. The van der Waals surface area contributed by atoms with Gasteiger partial charge in [-0.15, -0.1) is 0 Å². The number of hydrogen-bond acceptors (Lipinski definition) is 3. The molecule has 2 heterocycles.